The van der Waals surface area contributed by atoms with E-state index in [0.29, 0.717) is 27.0 Å². The Kier molecular flexibility index (Phi) is 7.33. The lowest BCUT2D eigenvalue weighted by molar-refractivity contribution is 0.249. The Morgan fingerprint density at radius 2 is 1.74 bits per heavy atom. The van der Waals surface area contributed by atoms with E-state index in [1.54, 1.807) is 31.2 Å². The molecule has 0 bridgehead atoms. The molecule has 0 radical (unpaired) electrons. The molecular weight excluding hydrogens is 495 g/mol. The number of carbonyl (C=O) groups is 1. The van der Waals surface area contributed by atoms with E-state index >= 15 is 0 Å². The topological polar surface area (TPSA) is 99.3 Å². The van der Waals surface area contributed by atoms with Crippen molar-refractivity contribution < 1.29 is 13.2 Å². The molecule has 1 heterocycles. The number of benzene rings is 3. The number of halogens is 2. The molecule has 3 aromatic carbocycles. The number of rotatable bonds is 6. The Morgan fingerprint density at radius 3 is 2.50 bits per heavy atom. The third kappa shape index (κ3) is 5.64. The zero-order chi connectivity index (χ0) is 24.3. The fourth-order valence-electron chi connectivity index (χ4n) is 3.77. The lowest BCUT2D eigenvalue weighted by Crippen LogP contribution is -2.31. The average molecular weight is 519 g/mol. The van der Waals surface area contributed by atoms with Crippen LogP contribution in [0.5, 0.6) is 0 Å². The van der Waals surface area contributed by atoms with Gasteiger partial charge >= 0.3 is 6.03 Å². The van der Waals surface area contributed by atoms with Crippen LogP contribution in [0.3, 0.4) is 0 Å². The van der Waals surface area contributed by atoms with Crippen molar-refractivity contribution in [2.24, 2.45) is 0 Å². The van der Waals surface area contributed by atoms with Crippen LogP contribution < -0.4 is 20.7 Å². The quantitative estimate of drug-likeness (QED) is 0.354. The molecule has 0 saturated carbocycles. The number of hydrogen-bond donors (Lipinski definition) is 4. The summed E-state index contributed by atoms with van der Waals surface area (Å²) in [6.07, 6.45) is 0.857. The van der Waals surface area contributed by atoms with Crippen LogP contribution in [0.15, 0.2) is 65.6 Å². The van der Waals surface area contributed by atoms with Crippen molar-refractivity contribution >= 4 is 50.6 Å². The van der Waals surface area contributed by atoms with E-state index in [-0.39, 0.29) is 10.9 Å². The largest absolute Gasteiger partial charge is 0.331 e. The number of amides is 2. The highest BCUT2D eigenvalue weighted by atomic mass is 35.5. The monoisotopic (exact) mass is 518 g/mol. The summed E-state index contributed by atoms with van der Waals surface area (Å²) in [5.41, 5.74) is 3.97. The lowest BCUT2D eigenvalue weighted by Gasteiger charge is -2.18. The van der Waals surface area contributed by atoms with E-state index in [4.69, 9.17) is 23.2 Å². The molecule has 1 unspecified atom stereocenters. The van der Waals surface area contributed by atoms with Crippen molar-refractivity contribution in [3.8, 4) is 0 Å². The Morgan fingerprint density at radius 1 is 1.00 bits per heavy atom. The summed E-state index contributed by atoms with van der Waals surface area (Å²) in [5.74, 6) is 0. The summed E-state index contributed by atoms with van der Waals surface area (Å²) >= 11 is 12.3. The summed E-state index contributed by atoms with van der Waals surface area (Å²) in [4.78, 5) is 12.5. The zero-order valence-corrected chi connectivity index (χ0v) is 20.7. The van der Waals surface area contributed by atoms with Gasteiger partial charge < -0.3 is 16.0 Å². The van der Waals surface area contributed by atoms with Gasteiger partial charge in [0.05, 0.1) is 21.0 Å². The van der Waals surface area contributed by atoms with Crippen molar-refractivity contribution in [2.45, 2.75) is 30.8 Å². The number of carbonyl (C=O) groups excluding carboxylic acids is 1. The van der Waals surface area contributed by atoms with Gasteiger partial charge in [-0.25, -0.2) is 13.2 Å². The van der Waals surface area contributed by atoms with Crippen molar-refractivity contribution in [1.82, 2.24) is 10.6 Å². The van der Waals surface area contributed by atoms with Gasteiger partial charge in [-0.3, -0.25) is 4.72 Å². The minimum absolute atomic E-state index is 0.0944. The molecule has 1 aliphatic rings. The van der Waals surface area contributed by atoms with Gasteiger partial charge in [0.1, 0.15) is 0 Å². The van der Waals surface area contributed by atoms with E-state index in [1.165, 1.54) is 29.8 Å². The summed E-state index contributed by atoms with van der Waals surface area (Å²) in [5, 5.41) is 9.56. The SMILES string of the molecule is CC(NC(=O)Nc1ccc(S(=O)(=O)Nc2ccc3c(c2)CCNC3)cc1)c1cccc(Cl)c1Cl. The molecule has 7 nitrogen and oxygen atoms in total. The van der Waals surface area contributed by atoms with Crippen LogP contribution in [0.2, 0.25) is 10.0 Å². The second-order valence-electron chi connectivity index (χ2n) is 8.00. The number of urea groups is 1. The van der Waals surface area contributed by atoms with Crippen LogP contribution in [0.4, 0.5) is 16.2 Å². The highest BCUT2D eigenvalue weighted by molar-refractivity contribution is 7.92. The van der Waals surface area contributed by atoms with Gasteiger partial charge in [-0.2, -0.15) is 0 Å². The predicted octanol–water partition coefficient (Wildman–Crippen LogP) is 5.32. The molecule has 0 aromatic heterocycles. The Bertz CT molecular complexity index is 1310. The summed E-state index contributed by atoms with van der Waals surface area (Å²) in [6, 6.07) is 15.9. The van der Waals surface area contributed by atoms with E-state index < -0.39 is 16.1 Å². The zero-order valence-electron chi connectivity index (χ0n) is 18.4. The van der Waals surface area contributed by atoms with Crippen LogP contribution >= 0.6 is 23.2 Å². The fourth-order valence-corrected chi connectivity index (χ4v) is 5.29. The smallest absolute Gasteiger partial charge is 0.319 e. The van der Waals surface area contributed by atoms with Gasteiger partial charge in [0.2, 0.25) is 0 Å². The van der Waals surface area contributed by atoms with Crippen LogP contribution in [-0.4, -0.2) is 21.0 Å². The highest BCUT2D eigenvalue weighted by Crippen LogP contribution is 2.30. The summed E-state index contributed by atoms with van der Waals surface area (Å²) < 4.78 is 28.3. The molecule has 4 rings (SSSR count). The molecular formula is C24H24Cl2N4O3S. The van der Waals surface area contributed by atoms with Crippen LogP contribution in [0, 0.1) is 0 Å². The van der Waals surface area contributed by atoms with Gasteiger partial charge in [0.25, 0.3) is 10.0 Å². The average Bonchev–Trinajstić information content (AvgIpc) is 2.80. The van der Waals surface area contributed by atoms with Crippen molar-refractivity contribution in [2.75, 3.05) is 16.6 Å². The second kappa shape index (κ2) is 10.2. The number of anilines is 2. The molecule has 0 fully saturated rings. The Balaban J connectivity index is 1.39. The molecule has 34 heavy (non-hydrogen) atoms. The van der Waals surface area contributed by atoms with Crippen LogP contribution in [0.1, 0.15) is 29.7 Å². The van der Waals surface area contributed by atoms with E-state index in [9.17, 15) is 13.2 Å². The molecule has 0 aliphatic carbocycles. The van der Waals surface area contributed by atoms with E-state index in [2.05, 4.69) is 20.7 Å². The molecule has 178 valence electrons. The van der Waals surface area contributed by atoms with Gasteiger partial charge in [0.15, 0.2) is 0 Å². The van der Waals surface area contributed by atoms with Crippen molar-refractivity contribution in [3.05, 3.63) is 87.4 Å². The normalized spacial score (nSPS) is 14.1. The first-order valence-corrected chi connectivity index (χ1v) is 12.9. The molecule has 4 N–H and O–H groups in total. The minimum atomic E-state index is -3.77. The molecule has 0 saturated heterocycles. The van der Waals surface area contributed by atoms with Gasteiger partial charge in [-0.05, 0) is 79.0 Å². The number of nitrogens with one attached hydrogen (secondary N) is 4. The lowest BCUT2D eigenvalue weighted by atomic mass is 10.0. The first kappa shape index (κ1) is 24.3. The first-order chi connectivity index (χ1) is 16.2. The van der Waals surface area contributed by atoms with Gasteiger partial charge in [0, 0.05) is 17.9 Å². The van der Waals surface area contributed by atoms with Crippen molar-refractivity contribution in [1.29, 1.82) is 0 Å². The molecule has 0 spiro atoms. The fraction of sp³-hybridized carbons (Fsp3) is 0.208. The number of hydrogen-bond acceptors (Lipinski definition) is 4. The van der Waals surface area contributed by atoms with Crippen LogP contribution in [-0.2, 0) is 23.0 Å². The third-order valence-electron chi connectivity index (χ3n) is 5.56. The summed E-state index contributed by atoms with van der Waals surface area (Å²) in [6.45, 7) is 3.45. The van der Waals surface area contributed by atoms with Crippen molar-refractivity contribution in [3.63, 3.8) is 0 Å². The molecule has 2 amide bonds. The molecule has 10 heteroatoms. The molecule has 1 aliphatic heterocycles. The minimum Gasteiger partial charge on any atom is -0.331 e. The molecule has 3 aromatic rings. The van der Waals surface area contributed by atoms with Gasteiger partial charge in [-0.15, -0.1) is 0 Å². The van der Waals surface area contributed by atoms with Crippen LogP contribution in [0.25, 0.3) is 0 Å². The first-order valence-electron chi connectivity index (χ1n) is 10.7. The molecule has 1 atom stereocenters. The Hall–Kier alpha value is -2.78. The van der Waals surface area contributed by atoms with E-state index in [1.807, 2.05) is 12.1 Å². The number of fused-ring (bicyclic) bond motifs is 1. The Labute approximate surface area is 208 Å². The highest BCUT2D eigenvalue weighted by Gasteiger charge is 2.17. The predicted molar refractivity (Wildman–Crippen MR) is 136 cm³/mol. The third-order valence-corrected chi connectivity index (χ3v) is 7.79. The second-order valence-corrected chi connectivity index (χ2v) is 10.5. The van der Waals surface area contributed by atoms with E-state index in [0.717, 1.165) is 25.1 Å². The van der Waals surface area contributed by atoms with Gasteiger partial charge in [-0.1, -0.05) is 41.4 Å². The summed E-state index contributed by atoms with van der Waals surface area (Å²) in [7, 11) is -3.77. The maximum absolute atomic E-state index is 12.8. The number of sulfonamides is 1. The standard InChI is InChI=1S/C24H24Cl2N4O3S/c1-15(21-3-2-4-22(25)23(21)26)28-24(31)29-18-7-9-20(10-8-18)34(32,33)30-19-6-5-17-14-27-12-11-16(17)13-19/h2-10,13,15,27,30H,11-12,14H2,1H3,(H2,28,29,31). The maximum atomic E-state index is 12.8. The maximum Gasteiger partial charge on any atom is 0.319 e.